The van der Waals surface area contributed by atoms with Crippen molar-refractivity contribution in [1.29, 1.82) is 0 Å². The van der Waals surface area contributed by atoms with E-state index in [0.29, 0.717) is 10.9 Å². The Morgan fingerprint density at radius 3 is 2.88 bits per heavy atom. The molecule has 0 saturated carbocycles. The van der Waals surface area contributed by atoms with Gasteiger partial charge >= 0.3 is 0 Å². The first-order valence-corrected chi connectivity index (χ1v) is 6.91. The van der Waals surface area contributed by atoms with Gasteiger partial charge in [-0.1, -0.05) is 17.7 Å². The van der Waals surface area contributed by atoms with Crippen LogP contribution in [-0.2, 0) is 5.88 Å². The minimum absolute atomic E-state index is 0.362. The van der Waals surface area contributed by atoms with Crippen LogP contribution >= 0.6 is 34.5 Å². The van der Waals surface area contributed by atoms with Crippen molar-refractivity contribution in [2.75, 3.05) is 0 Å². The highest BCUT2D eigenvalue weighted by Crippen LogP contribution is 2.28. The van der Waals surface area contributed by atoms with Crippen LogP contribution in [0.3, 0.4) is 0 Å². The monoisotopic (exact) mass is 282 g/mol. The summed E-state index contributed by atoms with van der Waals surface area (Å²) in [6.07, 6.45) is 0. The van der Waals surface area contributed by atoms with Crippen LogP contribution in [0.15, 0.2) is 35.0 Å². The lowest BCUT2D eigenvalue weighted by atomic mass is 10.3. The standard InChI is InChI=1S/C12H8Cl2N2S/c13-6-11-15-12-9(14)2-1-3-10(12)16(11)8-4-5-17-7-8/h1-5,7H,6H2. The first kappa shape index (κ1) is 11.1. The third kappa shape index (κ3) is 1.75. The Kier molecular flexibility index (Phi) is 2.82. The Balaban J connectivity index is 2.39. The highest BCUT2D eigenvalue weighted by atomic mass is 35.5. The molecule has 5 heteroatoms. The molecule has 0 aliphatic rings. The van der Waals surface area contributed by atoms with Gasteiger partial charge in [-0.05, 0) is 23.6 Å². The average Bonchev–Trinajstić information content (AvgIpc) is 2.94. The number of para-hydroxylation sites is 1. The molecule has 2 aromatic heterocycles. The van der Waals surface area contributed by atoms with E-state index in [2.05, 4.69) is 10.4 Å². The van der Waals surface area contributed by atoms with Gasteiger partial charge < -0.3 is 0 Å². The lowest BCUT2D eigenvalue weighted by Crippen LogP contribution is -1.97. The van der Waals surface area contributed by atoms with Crippen molar-refractivity contribution in [3.8, 4) is 5.69 Å². The van der Waals surface area contributed by atoms with Crippen molar-refractivity contribution >= 4 is 45.6 Å². The van der Waals surface area contributed by atoms with E-state index in [1.54, 1.807) is 11.3 Å². The zero-order valence-corrected chi connectivity index (χ0v) is 11.1. The summed E-state index contributed by atoms with van der Waals surface area (Å²) in [5.74, 6) is 1.18. The number of thiophene rings is 1. The maximum absolute atomic E-state index is 6.14. The maximum Gasteiger partial charge on any atom is 0.129 e. The van der Waals surface area contributed by atoms with Crippen LogP contribution in [0, 0.1) is 0 Å². The number of hydrogen-bond acceptors (Lipinski definition) is 2. The summed E-state index contributed by atoms with van der Waals surface area (Å²) in [6, 6.07) is 7.81. The summed E-state index contributed by atoms with van der Waals surface area (Å²) in [4.78, 5) is 4.49. The van der Waals surface area contributed by atoms with E-state index in [9.17, 15) is 0 Å². The van der Waals surface area contributed by atoms with Gasteiger partial charge in [-0.3, -0.25) is 4.57 Å². The Morgan fingerprint density at radius 2 is 2.18 bits per heavy atom. The zero-order valence-electron chi connectivity index (χ0n) is 8.73. The highest BCUT2D eigenvalue weighted by molar-refractivity contribution is 7.08. The molecule has 0 saturated heterocycles. The molecule has 0 fully saturated rings. The van der Waals surface area contributed by atoms with E-state index in [4.69, 9.17) is 23.2 Å². The SMILES string of the molecule is ClCc1nc2c(Cl)cccc2n1-c1ccsc1. The molecule has 0 aliphatic heterocycles. The molecular formula is C12H8Cl2N2S. The van der Waals surface area contributed by atoms with Gasteiger partial charge in [0.1, 0.15) is 11.3 Å². The van der Waals surface area contributed by atoms with Gasteiger partial charge in [0.25, 0.3) is 0 Å². The Hall–Kier alpha value is -1.03. The fourth-order valence-electron chi connectivity index (χ4n) is 1.88. The van der Waals surface area contributed by atoms with Crippen LogP contribution in [-0.4, -0.2) is 9.55 Å². The lowest BCUT2D eigenvalue weighted by molar-refractivity contribution is 0.987. The van der Waals surface area contributed by atoms with Crippen LogP contribution < -0.4 is 0 Å². The van der Waals surface area contributed by atoms with Gasteiger partial charge in [-0.2, -0.15) is 11.3 Å². The van der Waals surface area contributed by atoms with Gasteiger partial charge in [0.05, 0.1) is 22.1 Å². The molecule has 17 heavy (non-hydrogen) atoms. The number of halogens is 2. The molecule has 0 unspecified atom stereocenters. The minimum Gasteiger partial charge on any atom is -0.294 e. The van der Waals surface area contributed by atoms with Gasteiger partial charge in [-0.25, -0.2) is 4.98 Å². The number of hydrogen-bond donors (Lipinski definition) is 0. The molecule has 0 bridgehead atoms. The molecule has 0 N–H and O–H groups in total. The van der Waals surface area contributed by atoms with Crippen molar-refractivity contribution in [3.05, 3.63) is 45.9 Å². The third-order valence-electron chi connectivity index (χ3n) is 2.59. The quantitative estimate of drug-likeness (QED) is 0.634. The first-order valence-electron chi connectivity index (χ1n) is 5.05. The molecule has 0 spiro atoms. The molecule has 2 heterocycles. The largest absolute Gasteiger partial charge is 0.294 e. The Bertz CT molecular complexity index is 659. The second-order valence-electron chi connectivity index (χ2n) is 3.59. The number of fused-ring (bicyclic) bond motifs is 1. The first-order chi connectivity index (χ1) is 8.31. The second-order valence-corrected chi connectivity index (χ2v) is 5.04. The summed E-state index contributed by atoms with van der Waals surface area (Å²) < 4.78 is 2.05. The molecule has 0 aliphatic carbocycles. The average molecular weight is 283 g/mol. The number of benzene rings is 1. The molecule has 1 aromatic carbocycles. The van der Waals surface area contributed by atoms with Gasteiger partial charge in [0.2, 0.25) is 0 Å². The summed E-state index contributed by atoms with van der Waals surface area (Å²) in [5, 5.41) is 4.75. The number of alkyl halides is 1. The molecule has 3 aromatic rings. The third-order valence-corrected chi connectivity index (χ3v) is 3.80. The summed E-state index contributed by atoms with van der Waals surface area (Å²) in [7, 11) is 0. The Labute approximate surface area is 112 Å². The summed E-state index contributed by atoms with van der Waals surface area (Å²) >= 11 is 13.7. The zero-order chi connectivity index (χ0) is 11.8. The molecule has 2 nitrogen and oxygen atoms in total. The predicted octanol–water partition coefficient (Wildman–Crippen LogP) is 4.48. The number of nitrogens with zero attached hydrogens (tertiary/aromatic N) is 2. The van der Waals surface area contributed by atoms with Crippen molar-refractivity contribution in [2.45, 2.75) is 5.88 Å². The van der Waals surface area contributed by atoms with Crippen LogP contribution in [0.5, 0.6) is 0 Å². The fourth-order valence-corrected chi connectivity index (χ4v) is 2.89. The van der Waals surface area contributed by atoms with Crippen LogP contribution in [0.4, 0.5) is 0 Å². The van der Waals surface area contributed by atoms with Crippen LogP contribution in [0.2, 0.25) is 5.02 Å². The van der Waals surface area contributed by atoms with Crippen molar-refractivity contribution in [3.63, 3.8) is 0 Å². The van der Waals surface area contributed by atoms with Gasteiger partial charge in [0.15, 0.2) is 0 Å². The van der Waals surface area contributed by atoms with E-state index >= 15 is 0 Å². The summed E-state index contributed by atoms with van der Waals surface area (Å²) in [5.41, 5.74) is 2.87. The highest BCUT2D eigenvalue weighted by Gasteiger charge is 2.13. The van der Waals surface area contributed by atoms with Crippen molar-refractivity contribution in [1.82, 2.24) is 9.55 Å². The van der Waals surface area contributed by atoms with E-state index in [0.717, 1.165) is 22.5 Å². The van der Waals surface area contributed by atoms with E-state index in [1.165, 1.54) is 0 Å². The molecule has 3 rings (SSSR count). The molecular weight excluding hydrogens is 275 g/mol. The summed E-state index contributed by atoms with van der Waals surface area (Å²) in [6.45, 7) is 0. The second kappa shape index (κ2) is 4.33. The minimum atomic E-state index is 0.362. The number of rotatable bonds is 2. The van der Waals surface area contributed by atoms with Crippen molar-refractivity contribution < 1.29 is 0 Å². The van der Waals surface area contributed by atoms with Crippen LogP contribution in [0.1, 0.15) is 5.82 Å². The molecule has 0 atom stereocenters. The van der Waals surface area contributed by atoms with Crippen LogP contribution in [0.25, 0.3) is 16.7 Å². The fraction of sp³-hybridized carbons (Fsp3) is 0.0833. The number of imidazole rings is 1. The maximum atomic E-state index is 6.14. The van der Waals surface area contributed by atoms with Gasteiger partial charge in [-0.15, -0.1) is 11.6 Å². The normalized spacial score (nSPS) is 11.2. The lowest BCUT2D eigenvalue weighted by Gasteiger charge is -2.04. The van der Waals surface area contributed by atoms with Crippen molar-refractivity contribution in [2.24, 2.45) is 0 Å². The topological polar surface area (TPSA) is 17.8 Å². The molecule has 0 amide bonds. The van der Waals surface area contributed by atoms with E-state index in [1.807, 2.05) is 34.2 Å². The van der Waals surface area contributed by atoms with E-state index < -0.39 is 0 Å². The molecule has 86 valence electrons. The van der Waals surface area contributed by atoms with E-state index in [-0.39, 0.29) is 0 Å². The number of aromatic nitrogens is 2. The Morgan fingerprint density at radius 1 is 1.29 bits per heavy atom. The smallest absolute Gasteiger partial charge is 0.129 e. The molecule has 0 radical (unpaired) electrons. The predicted molar refractivity (Wildman–Crippen MR) is 73.5 cm³/mol. The van der Waals surface area contributed by atoms with Gasteiger partial charge in [0, 0.05) is 5.38 Å².